The first-order valence-corrected chi connectivity index (χ1v) is 9.78. The van der Waals surface area contributed by atoms with Gasteiger partial charge in [-0.05, 0) is 49.4 Å². The molecular weight excluding hydrogens is 334 g/mol. The quantitative estimate of drug-likeness (QED) is 0.519. The summed E-state index contributed by atoms with van der Waals surface area (Å²) in [4.78, 5) is 0. The van der Waals surface area contributed by atoms with E-state index in [-0.39, 0.29) is 0 Å². The number of hydrogen-bond donors (Lipinski definition) is 1. The van der Waals surface area contributed by atoms with Gasteiger partial charge in [0, 0.05) is 17.5 Å². The van der Waals surface area contributed by atoms with Gasteiger partial charge in [0.05, 0.1) is 5.69 Å². The average Bonchev–Trinajstić information content (AvgIpc) is 3.21. The third kappa shape index (κ3) is 2.72. The fourth-order valence-corrected chi connectivity index (χ4v) is 3.99. The standard InChI is InChI=1S/C23H23N3O/c1-2-16-9-3-5-12-19(16)26-23-18(11-7-8-14-24-23)22(25-26)21-15-17-10-4-6-13-20(17)27-21/h3-6,9-10,12-13,15,24H,2,7-8,11,14H2,1H3. The van der Waals surface area contributed by atoms with Crippen molar-refractivity contribution >= 4 is 16.8 Å². The molecule has 0 unspecified atom stereocenters. The second kappa shape index (κ2) is 6.62. The van der Waals surface area contributed by atoms with E-state index in [1.54, 1.807) is 0 Å². The molecule has 2 aromatic heterocycles. The van der Waals surface area contributed by atoms with Crippen molar-refractivity contribution in [3.63, 3.8) is 0 Å². The minimum absolute atomic E-state index is 0.851. The van der Waals surface area contributed by atoms with Gasteiger partial charge in [-0.25, -0.2) is 4.68 Å². The molecule has 5 rings (SSSR count). The number of furan rings is 1. The Kier molecular flexibility index (Phi) is 3.97. The highest BCUT2D eigenvalue weighted by atomic mass is 16.3. The Bertz CT molecular complexity index is 1070. The number of nitrogens with one attached hydrogen (secondary N) is 1. The number of benzene rings is 2. The first kappa shape index (κ1) is 16.2. The molecule has 0 bridgehead atoms. The molecule has 1 aliphatic heterocycles. The van der Waals surface area contributed by atoms with Crippen LogP contribution in [0.4, 0.5) is 5.82 Å². The summed E-state index contributed by atoms with van der Waals surface area (Å²) in [6.07, 6.45) is 4.33. The summed E-state index contributed by atoms with van der Waals surface area (Å²) < 4.78 is 8.25. The molecule has 0 saturated carbocycles. The van der Waals surface area contributed by atoms with Crippen LogP contribution in [0.3, 0.4) is 0 Å². The Morgan fingerprint density at radius 1 is 1.07 bits per heavy atom. The van der Waals surface area contributed by atoms with E-state index < -0.39 is 0 Å². The summed E-state index contributed by atoms with van der Waals surface area (Å²) >= 11 is 0. The van der Waals surface area contributed by atoms with Gasteiger partial charge in [0.25, 0.3) is 0 Å². The van der Waals surface area contributed by atoms with Crippen LogP contribution in [0.1, 0.15) is 30.9 Å². The van der Waals surface area contributed by atoms with Gasteiger partial charge in [0.2, 0.25) is 0 Å². The summed E-state index contributed by atoms with van der Waals surface area (Å²) in [7, 11) is 0. The van der Waals surface area contributed by atoms with Crippen molar-refractivity contribution in [2.24, 2.45) is 0 Å². The van der Waals surface area contributed by atoms with Crippen LogP contribution >= 0.6 is 0 Å². The van der Waals surface area contributed by atoms with Crippen molar-refractivity contribution in [3.8, 4) is 17.1 Å². The molecule has 136 valence electrons. The number of rotatable bonds is 3. The first-order chi connectivity index (χ1) is 13.3. The van der Waals surface area contributed by atoms with E-state index in [0.717, 1.165) is 59.7 Å². The Labute approximate surface area is 158 Å². The SMILES string of the molecule is CCc1ccccc1-n1nc(-c2cc3ccccc3o2)c2c1NCCCC2. The van der Waals surface area contributed by atoms with Gasteiger partial charge in [-0.15, -0.1) is 0 Å². The van der Waals surface area contributed by atoms with Crippen LogP contribution in [-0.2, 0) is 12.8 Å². The average molecular weight is 357 g/mol. The number of fused-ring (bicyclic) bond motifs is 2. The summed E-state index contributed by atoms with van der Waals surface area (Å²) in [5.74, 6) is 1.97. The summed E-state index contributed by atoms with van der Waals surface area (Å²) in [6, 6.07) is 18.8. The number of hydrogen-bond acceptors (Lipinski definition) is 3. The van der Waals surface area contributed by atoms with E-state index in [1.807, 2.05) is 18.2 Å². The minimum atomic E-state index is 0.851. The molecule has 0 spiro atoms. The normalized spacial score (nSPS) is 14.0. The van der Waals surface area contributed by atoms with Crippen LogP contribution in [-0.4, -0.2) is 16.3 Å². The Morgan fingerprint density at radius 2 is 1.93 bits per heavy atom. The largest absolute Gasteiger partial charge is 0.454 e. The van der Waals surface area contributed by atoms with Crippen molar-refractivity contribution in [3.05, 3.63) is 65.7 Å². The topological polar surface area (TPSA) is 43.0 Å². The molecule has 0 atom stereocenters. The Hall–Kier alpha value is -3.01. The van der Waals surface area contributed by atoms with Gasteiger partial charge < -0.3 is 9.73 Å². The van der Waals surface area contributed by atoms with E-state index in [2.05, 4.69) is 53.3 Å². The van der Waals surface area contributed by atoms with E-state index >= 15 is 0 Å². The van der Waals surface area contributed by atoms with Crippen molar-refractivity contribution in [1.82, 2.24) is 9.78 Å². The second-order valence-corrected chi connectivity index (χ2v) is 7.10. The van der Waals surface area contributed by atoms with E-state index in [9.17, 15) is 0 Å². The van der Waals surface area contributed by atoms with Gasteiger partial charge in [0.1, 0.15) is 17.1 Å². The molecule has 4 nitrogen and oxygen atoms in total. The molecule has 2 aromatic carbocycles. The van der Waals surface area contributed by atoms with Gasteiger partial charge in [-0.1, -0.05) is 43.3 Å². The van der Waals surface area contributed by atoms with Crippen LogP contribution < -0.4 is 5.32 Å². The maximum atomic E-state index is 6.16. The molecule has 0 amide bonds. The number of anilines is 1. The lowest BCUT2D eigenvalue weighted by Crippen LogP contribution is -2.08. The summed E-state index contributed by atoms with van der Waals surface area (Å²) in [6.45, 7) is 3.17. The molecule has 0 saturated heterocycles. The minimum Gasteiger partial charge on any atom is -0.454 e. The molecule has 1 N–H and O–H groups in total. The molecule has 3 heterocycles. The van der Waals surface area contributed by atoms with Crippen molar-refractivity contribution in [2.75, 3.05) is 11.9 Å². The lowest BCUT2D eigenvalue weighted by Gasteiger charge is -2.12. The lowest BCUT2D eigenvalue weighted by molar-refractivity contribution is 0.625. The van der Waals surface area contributed by atoms with Crippen LogP contribution in [0.5, 0.6) is 0 Å². The van der Waals surface area contributed by atoms with Crippen LogP contribution in [0.15, 0.2) is 59.0 Å². The zero-order valence-corrected chi connectivity index (χ0v) is 15.5. The number of para-hydroxylation sites is 2. The zero-order valence-electron chi connectivity index (χ0n) is 15.5. The lowest BCUT2D eigenvalue weighted by atomic mass is 10.1. The van der Waals surface area contributed by atoms with Crippen molar-refractivity contribution < 1.29 is 4.42 Å². The first-order valence-electron chi connectivity index (χ1n) is 9.78. The zero-order chi connectivity index (χ0) is 18.2. The van der Waals surface area contributed by atoms with Crippen LogP contribution in [0, 0.1) is 0 Å². The fraction of sp³-hybridized carbons (Fsp3) is 0.261. The smallest absolute Gasteiger partial charge is 0.156 e. The van der Waals surface area contributed by atoms with E-state index in [4.69, 9.17) is 9.52 Å². The monoisotopic (exact) mass is 357 g/mol. The number of nitrogens with zero attached hydrogens (tertiary/aromatic N) is 2. The third-order valence-electron chi connectivity index (χ3n) is 5.39. The molecule has 4 aromatic rings. The Balaban J connectivity index is 1.73. The van der Waals surface area contributed by atoms with E-state index in [0.29, 0.717) is 0 Å². The highest BCUT2D eigenvalue weighted by Gasteiger charge is 2.24. The molecule has 4 heteroatoms. The molecule has 27 heavy (non-hydrogen) atoms. The van der Waals surface area contributed by atoms with Gasteiger partial charge in [-0.3, -0.25) is 0 Å². The highest BCUT2D eigenvalue weighted by molar-refractivity contribution is 5.83. The summed E-state index contributed by atoms with van der Waals surface area (Å²) in [5, 5.41) is 9.78. The van der Waals surface area contributed by atoms with E-state index in [1.165, 1.54) is 17.5 Å². The number of aryl methyl sites for hydroxylation is 1. The maximum Gasteiger partial charge on any atom is 0.156 e. The van der Waals surface area contributed by atoms with Crippen LogP contribution in [0.2, 0.25) is 0 Å². The molecular formula is C23H23N3O. The predicted molar refractivity (Wildman–Crippen MR) is 110 cm³/mol. The van der Waals surface area contributed by atoms with Crippen molar-refractivity contribution in [2.45, 2.75) is 32.6 Å². The molecule has 0 radical (unpaired) electrons. The molecule has 0 aliphatic carbocycles. The van der Waals surface area contributed by atoms with Crippen LogP contribution in [0.25, 0.3) is 28.1 Å². The number of aromatic nitrogens is 2. The second-order valence-electron chi connectivity index (χ2n) is 7.10. The molecule has 1 aliphatic rings. The molecule has 0 fully saturated rings. The Morgan fingerprint density at radius 3 is 2.81 bits per heavy atom. The highest BCUT2D eigenvalue weighted by Crippen LogP contribution is 2.36. The third-order valence-corrected chi connectivity index (χ3v) is 5.39. The van der Waals surface area contributed by atoms with Crippen molar-refractivity contribution in [1.29, 1.82) is 0 Å². The predicted octanol–water partition coefficient (Wildman–Crippen LogP) is 5.60. The summed E-state index contributed by atoms with van der Waals surface area (Å²) in [5.41, 5.74) is 5.57. The van der Waals surface area contributed by atoms with Gasteiger partial charge in [0.15, 0.2) is 5.76 Å². The maximum absolute atomic E-state index is 6.16. The van der Waals surface area contributed by atoms with Gasteiger partial charge in [-0.2, -0.15) is 5.10 Å². The van der Waals surface area contributed by atoms with Gasteiger partial charge >= 0.3 is 0 Å². The fourth-order valence-electron chi connectivity index (χ4n) is 3.99.